The molecule has 0 radical (unpaired) electrons. The van der Waals surface area contributed by atoms with Crippen LogP contribution in [-0.2, 0) is 9.59 Å². The Hall–Kier alpha value is -5.19. The minimum absolute atomic E-state index is 0.0313. The Kier molecular flexibility index (Phi) is 7.43. The Bertz CT molecular complexity index is 1370. The van der Waals surface area contributed by atoms with Crippen molar-refractivity contribution in [2.24, 2.45) is 0 Å². The number of nitro benzene ring substituents is 1. The molecule has 0 unspecified atom stereocenters. The molecule has 11 nitrogen and oxygen atoms in total. The highest BCUT2D eigenvalue weighted by atomic mass is 16.6. The molecule has 0 spiro atoms. The van der Waals surface area contributed by atoms with Crippen molar-refractivity contribution in [3.8, 4) is 17.2 Å². The van der Waals surface area contributed by atoms with Crippen LogP contribution in [-0.4, -0.2) is 43.1 Å². The molecule has 4 amide bonds. The van der Waals surface area contributed by atoms with Gasteiger partial charge in [-0.25, -0.2) is 9.69 Å². The lowest BCUT2D eigenvalue weighted by Gasteiger charge is -2.26. The number of imide groups is 2. The van der Waals surface area contributed by atoms with Gasteiger partial charge in [0.1, 0.15) is 36.0 Å². The zero-order valence-electron chi connectivity index (χ0n) is 19.6. The molecule has 1 saturated heterocycles. The van der Waals surface area contributed by atoms with Gasteiger partial charge in [0.25, 0.3) is 17.5 Å². The Morgan fingerprint density at radius 3 is 2.19 bits per heavy atom. The molecule has 4 rings (SSSR count). The van der Waals surface area contributed by atoms with Gasteiger partial charge in [0.2, 0.25) is 0 Å². The predicted molar refractivity (Wildman–Crippen MR) is 133 cm³/mol. The highest BCUT2D eigenvalue weighted by Crippen LogP contribution is 2.25. The molecule has 0 atom stereocenters. The number of benzene rings is 3. The first-order valence-electron chi connectivity index (χ1n) is 11.0. The van der Waals surface area contributed by atoms with Gasteiger partial charge in [-0.05, 0) is 60.2 Å². The number of barbiturate groups is 1. The minimum Gasteiger partial charge on any atom is -0.497 e. The molecule has 11 heteroatoms. The molecule has 1 aliphatic rings. The number of carbonyl (C=O) groups excluding carboxylic acids is 3. The third-order valence-corrected chi connectivity index (χ3v) is 5.27. The molecule has 0 aromatic heterocycles. The van der Waals surface area contributed by atoms with Gasteiger partial charge < -0.3 is 14.2 Å². The summed E-state index contributed by atoms with van der Waals surface area (Å²) in [7, 11) is 1.50. The number of hydrogen-bond acceptors (Lipinski definition) is 8. The second kappa shape index (κ2) is 11.0. The van der Waals surface area contributed by atoms with Crippen LogP contribution in [0.1, 0.15) is 5.56 Å². The van der Waals surface area contributed by atoms with Crippen LogP contribution < -0.4 is 24.4 Å². The van der Waals surface area contributed by atoms with Crippen molar-refractivity contribution >= 4 is 35.3 Å². The summed E-state index contributed by atoms with van der Waals surface area (Å²) in [4.78, 5) is 49.0. The fraction of sp³-hybridized carbons (Fsp3) is 0.115. The minimum atomic E-state index is -0.845. The average molecular weight is 503 g/mol. The lowest BCUT2D eigenvalue weighted by Crippen LogP contribution is -2.54. The number of nitrogens with zero attached hydrogens (tertiary/aromatic N) is 2. The zero-order chi connectivity index (χ0) is 26.4. The second-order valence-electron chi connectivity index (χ2n) is 7.68. The van der Waals surface area contributed by atoms with Gasteiger partial charge in [0.15, 0.2) is 0 Å². The van der Waals surface area contributed by atoms with Gasteiger partial charge >= 0.3 is 6.03 Å². The van der Waals surface area contributed by atoms with E-state index in [4.69, 9.17) is 14.2 Å². The number of nitrogens with one attached hydrogen (secondary N) is 1. The number of rotatable bonds is 9. The molecule has 0 saturated carbocycles. The van der Waals surface area contributed by atoms with Gasteiger partial charge in [-0.3, -0.25) is 25.0 Å². The lowest BCUT2D eigenvalue weighted by atomic mass is 10.1. The third-order valence-electron chi connectivity index (χ3n) is 5.27. The van der Waals surface area contributed by atoms with Crippen molar-refractivity contribution in [3.63, 3.8) is 0 Å². The largest absolute Gasteiger partial charge is 0.497 e. The SMILES string of the molecule is COc1ccc(N2C(=O)NC(=O)/C(=C/c3cccc(OCCOc4ccc([N+](=O)[O-])cc4)c3)C2=O)cc1. The van der Waals surface area contributed by atoms with E-state index in [0.29, 0.717) is 22.8 Å². The molecule has 37 heavy (non-hydrogen) atoms. The molecule has 1 heterocycles. The molecule has 3 aromatic rings. The maximum absolute atomic E-state index is 13.1. The van der Waals surface area contributed by atoms with Crippen molar-refractivity contribution in [1.29, 1.82) is 0 Å². The van der Waals surface area contributed by atoms with Crippen LogP contribution >= 0.6 is 0 Å². The van der Waals surface area contributed by atoms with E-state index < -0.39 is 22.8 Å². The summed E-state index contributed by atoms with van der Waals surface area (Å²) >= 11 is 0. The summed E-state index contributed by atoms with van der Waals surface area (Å²) < 4.78 is 16.3. The van der Waals surface area contributed by atoms with E-state index in [2.05, 4.69) is 5.32 Å². The summed E-state index contributed by atoms with van der Waals surface area (Å²) in [6.45, 7) is 0.360. The fourth-order valence-corrected chi connectivity index (χ4v) is 3.47. The van der Waals surface area contributed by atoms with Crippen molar-refractivity contribution in [1.82, 2.24) is 5.32 Å². The fourth-order valence-electron chi connectivity index (χ4n) is 3.47. The number of carbonyl (C=O) groups is 3. The summed E-state index contributed by atoms with van der Waals surface area (Å²) in [5.74, 6) is -0.0846. The molecule has 3 aromatic carbocycles. The summed E-state index contributed by atoms with van der Waals surface area (Å²) in [6.07, 6.45) is 1.38. The predicted octanol–water partition coefficient (Wildman–Crippen LogP) is 3.73. The normalized spacial score (nSPS) is 14.4. The van der Waals surface area contributed by atoms with E-state index in [1.807, 2.05) is 0 Å². The molecule has 1 fully saturated rings. The maximum Gasteiger partial charge on any atom is 0.335 e. The van der Waals surface area contributed by atoms with Crippen LogP contribution in [0.4, 0.5) is 16.2 Å². The summed E-state index contributed by atoms with van der Waals surface area (Å²) in [6, 6.07) is 17.8. The number of amides is 4. The number of nitro groups is 1. The van der Waals surface area contributed by atoms with E-state index in [1.54, 1.807) is 36.4 Å². The molecule has 188 valence electrons. The Balaban J connectivity index is 1.42. The van der Waals surface area contributed by atoms with E-state index >= 15 is 0 Å². The standard InChI is InChI=1S/C26H21N3O8/c1-35-20-9-5-18(6-10-20)28-25(31)23(24(30)27-26(28)32)16-17-3-2-4-22(15-17)37-14-13-36-21-11-7-19(8-12-21)29(33)34/h2-12,15-16H,13-14H2,1H3,(H,27,30,32)/b23-16-. The van der Waals surface area contributed by atoms with Crippen molar-refractivity contribution in [3.05, 3.63) is 94.0 Å². The van der Waals surface area contributed by atoms with Crippen LogP contribution in [0.5, 0.6) is 17.2 Å². The summed E-state index contributed by atoms with van der Waals surface area (Å²) in [5, 5.41) is 12.9. The maximum atomic E-state index is 13.1. The Morgan fingerprint density at radius 2 is 1.54 bits per heavy atom. The first kappa shape index (κ1) is 24.9. The molecular weight excluding hydrogens is 482 g/mol. The first-order valence-corrected chi connectivity index (χ1v) is 11.0. The zero-order valence-corrected chi connectivity index (χ0v) is 19.6. The van der Waals surface area contributed by atoms with Gasteiger partial charge in [-0.2, -0.15) is 0 Å². The topological polar surface area (TPSA) is 137 Å². The van der Waals surface area contributed by atoms with Crippen LogP contribution in [0, 0.1) is 10.1 Å². The van der Waals surface area contributed by atoms with Crippen molar-refractivity contribution < 1.29 is 33.5 Å². The number of hydrogen-bond donors (Lipinski definition) is 1. The summed E-state index contributed by atoms with van der Waals surface area (Å²) in [5.41, 5.74) is 0.549. The van der Waals surface area contributed by atoms with Gasteiger partial charge in [0, 0.05) is 12.1 Å². The van der Waals surface area contributed by atoms with Crippen LogP contribution in [0.25, 0.3) is 6.08 Å². The second-order valence-corrected chi connectivity index (χ2v) is 7.68. The lowest BCUT2D eigenvalue weighted by molar-refractivity contribution is -0.384. The highest BCUT2D eigenvalue weighted by Gasteiger charge is 2.36. The average Bonchev–Trinajstić information content (AvgIpc) is 2.90. The highest BCUT2D eigenvalue weighted by molar-refractivity contribution is 6.39. The van der Waals surface area contributed by atoms with Crippen LogP contribution in [0.3, 0.4) is 0 Å². The van der Waals surface area contributed by atoms with E-state index in [0.717, 1.165) is 4.90 Å². The number of non-ortho nitro benzene ring substituents is 1. The third kappa shape index (κ3) is 5.90. The van der Waals surface area contributed by atoms with E-state index in [1.165, 1.54) is 49.6 Å². The number of urea groups is 1. The first-order chi connectivity index (χ1) is 17.9. The number of ether oxygens (including phenoxy) is 3. The van der Waals surface area contributed by atoms with Gasteiger partial charge in [-0.1, -0.05) is 12.1 Å². The van der Waals surface area contributed by atoms with E-state index in [9.17, 15) is 24.5 Å². The Morgan fingerprint density at radius 1 is 0.892 bits per heavy atom. The van der Waals surface area contributed by atoms with Crippen molar-refractivity contribution in [2.75, 3.05) is 25.2 Å². The van der Waals surface area contributed by atoms with Gasteiger partial charge in [0.05, 0.1) is 17.7 Å². The monoisotopic (exact) mass is 503 g/mol. The smallest absolute Gasteiger partial charge is 0.335 e. The Labute approximate surface area is 211 Å². The van der Waals surface area contributed by atoms with Crippen LogP contribution in [0.2, 0.25) is 0 Å². The molecule has 0 bridgehead atoms. The van der Waals surface area contributed by atoms with E-state index in [-0.39, 0.29) is 30.2 Å². The number of anilines is 1. The number of methoxy groups -OCH3 is 1. The molecule has 1 N–H and O–H groups in total. The van der Waals surface area contributed by atoms with Gasteiger partial charge in [-0.15, -0.1) is 0 Å². The molecule has 1 aliphatic heterocycles. The van der Waals surface area contributed by atoms with Crippen LogP contribution in [0.15, 0.2) is 78.4 Å². The van der Waals surface area contributed by atoms with Crippen molar-refractivity contribution in [2.45, 2.75) is 0 Å². The quantitative estimate of drug-likeness (QED) is 0.153. The molecule has 0 aliphatic carbocycles. The molecular formula is C26H21N3O8.